The minimum Gasteiger partial charge on any atom is -0.467 e. The zero-order valence-electron chi connectivity index (χ0n) is 11.6. The third-order valence-electron chi connectivity index (χ3n) is 3.07. The van der Waals surface area contributed by atoms with E-state index in [4.69, 9.17) is 9.15 Å². The average molecular weight is 266 g/mol. The molecule has 2 heterocycles. The van der Waals surface area contributed by atoms with Crippen LogP contribution in [0.1, 0.15) is 5.76 Å². The maximum atomic E-state index is 5.69. The van der Waals surface area contributed by atoms with E-state index in [9.17, 15) is 0 Å². The van der Waals surface area contributed by atoms with Crippen LogP contribution in [0.25, 0.3) is 0 Å². The van der Waals surface area contributed by atoms with Gasteiger partial charge in [-0.05, 0) is 19.2 Å². The molecule has 1 atom stereocenters. The van der Waals surface area contributed by atoms with E-state index < -0.39 is 0 Å². The van der Waals surface area contributed by atoms with Gasteiger partial charge in [-0.25, -0.2) is 0 Å². The molecule has 6 heteroatoms. The summed E-state index contributed by atoms with van der Waals surface area (Å²) in [6.07, 6.45) is 1.87. The molecule has 2 N–H and O–H groups in total. The standard InChI is InChI=1S/C13H22N4O2/c1-14-13(15-8-11-4-3-6-18-11)16-9-12-10-17(2)5-7-19-12/h3-4,6,12H,5,7-10H2,1-2H3,(H2,14,15,16). The van der Waals surface area contributed by atoms with E-state index in [0.29, 0.717) is 6.54 Å². The monoisotopic (exact) mass is 266 g/mol. The molecule has 6 nitrogen and oxygen atoms in total. The molecule has 0 spiro atoms. The van der Waals surface area contributed by atoms with E-state index >= 15 is 0 Å². The summed E-state index contributed by atoms with van der Waals surface area (Å²) in [6, 6.07) is 3.80. The van der Waals surface area contributed by atoms with Crippen LogP contribution in [0, 0.1) is 0 Å². The Morgan fingerprint density at radius 1 is 1.53 bits per heavy atom. The minimum atomic E-state index is 0.209. The van der Waals surface area contributed by atoms with Gasteiger partial charge in [0.05, 0.1) is 25.5 Å². The lowest BCUT2D eigenvalue weighted by molar-refractivity contribution is -0.0161. The quantitative estimate of drug-likeness (QED) is 0.605. The van der Waals surface area contributed by atoms with Crippen molar-refractivity contribution in [2.45, 2.75) is 12.6 Å². The van der Waals surface area contributed by atoms with Crippen LogP contribution >= 0.6 is 0 Å². The number of hydrogen-bond donors (Lipinski definition) is 2. The number of guanidine groups is 1. The number of aliphatic imine (C=N–C) groups is 1. The molecule has 1 saturated heterocycles. The van der Waals surface area contributed by atoms with Gasteiger partial charge in [0.2, 0.25) is 0 Å². The highest BCUT2D eigenvalue weighted by Gasteiger charge is 2.17. The van der Waals surface area contributed by atoms with Gasteiger partial charge in [-0.2, -0.15) is 0 Å². The van der Waals surface area contributed by atoms with Gasteiger partial charge in [0, 0.05) is 26.7 Å². The molecule has 0 radical (unpaired) electrons. The maximum Gasteiger partial charge on any atom is 0.191 e. The number of nitrogens with zero attached hydrogens (tertiary/aromatic N) is 2. The summed E-state index contributed by atoms with van der Waals surface area (Å²) in [5, 5.41) is 6.47. The van der Waals surface area contributed by atoms with Gasteiger partial charge in [-0.15, -0.1) is 0 Å². The van der Waals surface area contributed by atoms with E-state index in [1.807, 2.05) is 12.1 Å². The predicted molar refractivity (Wildman–Crippen MR) is 74.1 cm³/mol. The van der Waals surface area contributed by atoms with Gasteiger partial charge in [-0.1, -0.05) is 0 Å². The molecule has 19 heavy (non-hydrogen) atoms. The minimum absolute atomic E-state index is 0.209. The molecule has 0 aromatic carbocycles. The van der Waals surface area contributed by atoms with E-state index in [2.05, 4.69) is 27.6 Å². The van der Waals surface area contributed by atoms with Crippen LogP contribution in [-0.4, -0.2) is 57.3 Å². The van der Waals surface area contributed by atoms with Crippen LogP contribution in [-0.2, 0) is 11.3 Å². The normalized spacial score (nSPS) is 21.4. The lowest BCUT2D eigenvalue weighted by Gasteiger charge is -2.30. The van der Waals surface area contributed by atoms with Crippen LogP contribution in [0.3, 0.4) is 0 Å². The molecule has 0 saturated carbocycles. The molecule has 1 fully saturated rings. The van der Waals surface area contributed by atoms with Crippen LogP contribution < -0.4 is 10.6 Å². The van der Waals surface area contributed by atoms with Gasteiger partial charge in [-0.3, -0.25) is 4.99 Å². The molecule has 106 valence electrons. The van der Waals surface area contributed by atoms with Crippen molar-refractivity contribution >= 4 is 5.96 Å². The van der Waals surface area contributed by atoms with E-state index in [0.717, 1.165) is 38.0 Å². The predicted octanol–water partition coefficient (Wildman–Crippen LogP) is 0.275. The van der Waals surface area contributed by atoms with E-state index in [1.165, 1.54) is 0 Å². The Balaban J connectivity index is 1.70. The van der Waals surface area contributed by atoms with Crippen molar-refractivity contribution in [3.05, 3.63) is 24.2 Å². The van der Waals surface area contributed by atoms with Gasteiger partial charge in [0.15, 0.2) is 5.96 Å². The van der Waals surface area contributed by atoms with Crippen molar-refractivity contribution in [3.8, 4) is 0 Å². The van der Waals surface area contributed by atoms with E-state index in [-0.39, 0.29) is 6.10 Å². The Hall–Kier alpha value is -1.53. The summed E-state index contributed by atoms with van der Waals surface area (Å²) in [4.78, 5) is 6.45. The van der Waals surface area contributed by atoms with Crippen molar-refractivity contribution in [2.75, 3.05) is 40.3 Å². The van der Waals surface area contributed by atoms with Crippen LogP contribution in [0.2, 0.25) is 0 Å². The Kier molecular flexibility index (Phi) is 5.23. The molecule has 0 amide bonds. The fourth-order valence-corrected chi connectivity index (χ4v) is 2.01. The second kappa shape index (κ2) is 7.16. The number of likely N-dealkylation sites (N-methyl/N-ethyl adjacent to an activating group) is 1. The zero-order chi connectivity index (χ0) is 13.5. The third-order valence-corrected chi connectivity index (χ3v) is 3.07. The highest BCUT2D eigenvalue weighted by atomic mass is 16.5. The molecular formula is C13H22N4O2. The second-order valence-electron chi connectivity index (χ2n) is 4.64. The summed E-state index contributed by atoms with van der Waals surface area (Å²) in [5.74, 6) is 1.64. The Bertz CT molecular complexity index is 391. The molecule has 0 aliphatic carbocycles. The molecule has 0 bridgehead atoms. The second-order valence-corrected chi connectivity index (χ2v) is 4.64. The smallest absolute Gasteiger partial charge is 0.191 e. The largest absolute Gasteiger partial charge is 0.467 e. The first-order valence-corrected chi connectivity index (χ1v) is 6.55. The van der Waals surface area contributed by atoms with E-state index in [1.54, 1.807) is 13.3 Å². The fourth-order valence-electron chi connectivity index (χ4n) is 2.01. The van der Waals surface area contributed by atoms with Gasteiger partial charge >= 0.3 is 0 Å². The summed E-state index contributed by atoms with van der Waals surface area (Å²) in [5.41, 5.74) is 0. The molecular weight excluding hydrogens is 244 g/mol. The van der Waals surface area contributed by atoms with Crippen molar-refractivity contribution in [2.24, 2.45) is 4.99 Å². The SMILES string of the molecule is CN=C(NCc1ccco1)NCC1CN(C)CCO1. The van der Waals surface area contributed by atoms with Crippen LogP contribution in [0.4, 0.5) is 0 Å². The Morgan fingerprint density at radius 2 is 2.42 bits per heavy atom. The van der Waals surface area contributed by atoms with Crippen molar-refractivity contribution in [1.29, 1.82) is 0 Å². The number of nitrogens with one attached hydrogen (secondary N) is 2. The van der Waals surface area contributed by atoms with Crippen LogP contribution in [0.15, 0.2) is 27.8 Å². The van der Waals surface area contributed by atoms with Gasteiger partial charge in [0.1, 0.15) is 5.76 Å². The maximum absolute atomic E-state index is 5.69. The summed E-state index contributed by atoms with van der Waals surface area (Å²) in [7, 11) is 3.87. The Labute approximate surface area is 113 Å². The van der Waals surface area contributed by atoms with Crippen LogP contribution in [0.5, 0.6) is 0 Å². The molecule has 1 aromatic heterocycles. The summed E-state index contributed by atoms with van der Waals surface area (Å²) in [6.45, 7) is 4.12. The number of furan rings is 1. The molecule has 1 unspecified atom stereocenters. The van der Waals surface area contributed by atoms with Crippen molar-refractivity contribution in [1.82, 2.24) is 15.5 Å². The van der Waals surface area contributed by atoms with Gasteiger partial charge in [0.25, 0.3) is 0 Å². The first-order chi connectivity index (χ1) is 9.28. The first kappa shape index (κ1) is 13.9. The van der Waals surface area contributed by atoms with Crippen molar-refractivity contribution in [3.63, 3.8) is 0 Å². The first-order valence-electron chi connectivity index (χ1n) is 6.55. The highest BCUT2D eigenvalue weighted by Crippen LogP contribution is 2.01. The van der Waals surface area contributed by atoms with Crippen molar-refractivity contribution < 1.29 is 9.15 Å². The Morgan fingerprint density at radius 3 is 3.11 bits per heavy atom. The number of rotatable bonds is 4. The molecule has 1 aromatic rings. The molecule has 1 aliphatic rings. The zero-order valence-corrected chi connectivity index (χ0v) is 11.6. The molecule has 2 rings (SSSR count). The lowest BCUT2D eigenvalue weighted by Crippen LogP contribution is -2.48. The third kappa shape index (κ3) is 4.57. The number of ether oxygens (including phenoxy) is 1. The lowest BCUT2D eigenvalue weighted by atomic mass is 10.3. The average Bonchev–Trinajstić information content (AvgIpc) is 2.92. The van der Waals surface area contributed by atoms with Gasteiger partial charge < -0.3 is 24.7 Å². The summed E-state index contributed by atoms with van der Waals surface area (Å²) < 4.78 is 10.9. The highest BCUT2D eigenvalue weighted by molar-refractivity contribution is 5.79. The molecule has 1 aliphatic heterocycles. The number of morpholine rings is 1. The topological polar surface area (TPSA) is 62.0 Å². The summed E-state index contributed by atoms with van der Waals surface area (Å²) >= 11 is 0. The number of hydrogen-bond acceptors (Lipinski definition) is 4. The fraction of sp³-hybridized carbons (Fsp3) is 0.615.